The third-order valence-corrected chi connectivity index (χ3v) is 3.22. The number of nitriles is 1. The molecule has 3 nitrogen and oxygen atoms in total. The van der Waals surface area contributed by atoms with E-state index in [0.29, 0.717) is 18.4 Å². The molecule has 0 spiro atoms. The van der Waals surface area contributed by atoms with E-state index in [2.05, 4.69) is 24.9 Å². The Morgan fingerprint density at radius 2 is 2.40 bits per heavy atom. The van der Waals surface area contributed by atoms with Crippen molar-refractivity contribution in [1.82, 2.24) is 4.90 Å². The molecule has 0 aromatic carbocycles. The van der Waals surface area contributed by atoms with Crippen LogP contribution in [-0.4, -0.2) is 37.7 Å². The minimum Gasteiger partial charge on any atom is -0.381 e. The molecule has 3 heteroatoms. The van der Waals surface area contributed by atoms with Crippen molar-refractivity contribution in [3.63, 3.8) is 0 Å². The van der Waals surface area contributed by atoms with E-state index in [9.17, 15) is 0 Å². The second-order valence-electron chi connectivity index (χ2n) is 4.45. The highest BCUT2D eigenvalue weighted by atomic mass is 16.5. The van der Waals surface area contributed by atoms with Crippen LogP contribution in [0.5, 0.6) is 0 Å². The maximum atomic E-state index is 8.72. The molecule has 1 heterocycles. The molecule has 1 saturated heterocycles. The summed E-state index contributed by atoms with van der Waals surface area (Å²) in [6, 6.07) is 2.68. The fourth-order valence-electron chi connectivity index (χ4n) is 2.22. The zero-order valence-electron chi connectivity index (χ0n) is 9.91. The van der Waals surface area contributed by atoms with Crippen LogP contribution in [0.3, 0.4) is 0 Å². The van der Waals surface area contributed by atoms with Crippen LogP contribution in [0.2, 0.25) is 0 Å². The molecular formula is C12H22N2O. The minimum absolute atomic E-state index is 0.414. The lowest BCUT2D eigenvalue weighted by molar-refractivity contribution is 0.0361. The predicted molar refractivity (Wildman–Crippen MR) is 60.5 cm³/mol. The van der Waals surface area contributed by atoms with Crippen LogP contribution in [0.4, 0.5) is 0 Å². The molecule has 0 aromatic heterocycles. The van der Waals surface area contributed by atoms with Gasteiger partial charge in [0.25, 0.3) is 0 Å². The molecule has 86 valence electrons. The lowest BCUT2D eigenvalue weighted by Gasteiger charge is -2.31. The molecule has 0 bridgehead atoms. The van der Waals surface area contributed by atoms with Crippen LogP contribution in [0.25, 0.3) is 0 Å². The number of rotatable bonds is 5. The highest BCUT2D eigenvalue weighted by molar-refractivity contribution is 4.81. The summed E-state index contributed by atoms with van der Waals surface area (Å²) in [5.74, 6) is 0.663. The Morgan fingerprint density at radius 1 is 1.60 bits per heavy atom. The summed E-state index contributed by atoms with van der Waals surface area (Å²) in [4.78, 5) is 2.32. The lowest BCUT2D eigenvalue weighted by Crippen LogP contribution is -2.37. The fraction of sp³-hybridized carbons (Fsp3) is 0.917. The average Bonchev–Trinajstić information content (AvgIpc) is 2.27. The van der Waals surface area contributed by atoms with Gasteiger partial charge in [0.1, 0.15) is 0 Å². The summed E-state index contributed by atoms with van der Waals surface area (Å²) in [5.41, 5.74) is 0. The van der Waals surface area contributed by atoms with Crippen molar-refractivity contribution in [2.75, 3.05) is 26.8 Å². The van der Waals surface area contributed by atoms with Gasteiger partial charge in [0.05, 0.1) is 19.1 Å². The molecule has 0 saturated carbocycles. The van der Waals surface area contributed by atoms with E-state index >= 15 is 0 Å². The Kier molecular flexibility index (Phi) is 5.67. The fourth-order valence-corrected chi connectivity index (χ4v) is 2.22. The molecule has 0 amide bonds. The summed E-state index contributed by atoms with van der Waals surface area (Å²) in [6.07, 6.45) is 4.15. The SMILES string of the molecule is CCC(CC#N)N(C)CC1CCCOC1. The van der Waals surface area contributed by atoms with Gasteiger partial charge in [-0.2, -0.15) is 5.26 Å². The summed E-state index contributed by atoms with van der Waals surface area (Å²) in [6.45, 7) is 5.04. The third-order valence-electron chi connectivity index (χ3n) is 3.22. The quantitative estimate of drug-likeness (QED) is 0.696. The first-order valence-electron chi connectivity index (χ1n) is 5.92. The van der Waals surface area contributed by atoms with Crippen LogP contribution in [0.1, 0.15) is 32.6 Å². The van der Waals surface area contributed by atoms with Crippen molar-refractivity contribution < 1.29 is 4.74 Å². The molecule has 0 radical (unpaired) electrons. The van der Waals surface area contributed by atoms with E-state index in [1.807, 2.05) is 0 Å². The Hall–Kier alpha value is -0.590. The van der Waals surface area contributed by atoms with E-state index in [-0.39, 0.29) is 0 Å². The second-order valence-corrected chi connectivity index (χ2v) is 4.45. The van der Waals surface area contributed by atoms with Crippen molar-refractivity contribution in [2.45, 2.75) is 38.6 Å². The van der Waals surface area contributed by atoms with Crippen LogP contribution in [0.15, 0.2) is 0 Å². The normalized spacial score (nSPS) is 23.7. The van der Waals surface area contributed by atoms with E-state index in [4.69, 9.17) is 10.00 Å². The van der Waals surface area contributed by atoms with Gasteiger partial charge in [-0.25, -0.2) is 0 Å². The maximum absolute atomic E-state index is 8.72. The van der Waals surface area contributed by atoms with Gasteiger partial charge in [0.15, 0.2) is 0 Å². The highest BCUT2D eigenvalue weighted by Crippen LogP contribution is 2.16. The van der Waals surface area contributed by atoms with Crippen LogP contribution in [-0.2, 0) is 4.74 Å². The first kappa shape index (κ1) is 12.5. The van der Waals surface area contributed by atoms with E-state index < -0.39 is 0 Å². The number of ether oxygens (including phenoxy) is 1. The van der Waals surface area contributed by atoms with Gasteiger partial charge >= 0.3 is 0 Å². The summed E-state index contributed by atoms with van der Waals surface area (Å²) < 4.78 is 5.46. The number of hydrogen-bond donors (Lipinski definition) is 0. The van der Waals surface area contributed by atoms with E-state index in [1.165, 1.54) is 12.8 Å². The largest absolute Gasteiger partial charge is 0.381 e. The first-order valence-corrected chi connectivity index (χ1v) is 5.92. The van der Waals surface area contributed by atoms with E-state index in [0.717, 1.165) is 26.2 Å². The highest BCUT2D eigenvalue weighted by Gasteiger charge is 2.19. The minimum atomic E-state index is 0.414. The van der Waals surface area contributed by atoms with Gasteiger partial charge in [-0.1, -0.05) is 6.92 Å². The summed E-state index contributed by atoms with van der Waals surface area (Å²) in [7, 11) is 2.13. The molecule has 2 unspecified atom stereocenters. The van der Waals surface area contributed by atoms with Crippen LogP contribution >= 0.6 is 0 Å². The molecule has 0 aliphatic carbocycles. The van der Waals surface area contributed by atoms with Crippen molar-refractivity contribution in [3.05, 3.63) is 0 Å². The van der Waals surface area contributed by atoms with E-state index in [1.54, 1.807) is 0 Å². The zero-order chi connectivity index (χ0) is 11.1. The Labute approximate surface area is 93.0 Å². The summed E-state index contributed by atoms with van der Waals surface area (Å²) in [5, 5.41) is 8.72. The third kappa shape index (κ3) is 4.19. The van der Waals surface area contributed by atoms with Gasteiger partial charge in [-0.15, -0.1) is 0 Å². The second kappa shape index (κ2) is 6.81. The average molecular weight is 210 g/mol. The Balaban J connectivity index is 2.31. The van der Waals surface area contributed by atoms with Crippen molar-refractivity contribution >= 4 is 0 Å². The Bertz CT molecular complexity index is 206. The molecule has 1 aliphatic heterocycles. The first-order chi connectivity index (χ1) is 7.27. The molecule has 1 aliphatic rings. The monoisotopic (exact) mass is 210 g/mol. The van der Waals surface area contributed by atoms with Crippen molar-refractivity contribution in [2.24, 2.45) is 5.92 Å². The van der Waals surface area contributed by atoms with Gasteiger partial charge in [-0.05, 0) is 32.2 Å². The van der Waals surface area contributed by atoms with Gasteiger partial charge in [0, 0.05) is 19.2 Å². The van der Waals surface area contributed by atoms with Crippen LogP contribution < -0.4 is 0 Å². The van der Waals surface area contributed by atoms with Crippen LogP contribution in [0, 0.1) is 17.2 Å². The molecule has 1 rings (SSSR count). The molecule has 15 heavy (non-hydrogen) atoms. The topological polar surface area (TPSA) is 36.3 Å². The lowest BCUT2D eigenvalue weighted by atomic mass is 10.0. The molecule has 2 atom stereocenters. The number of hydrogen-bond acceptors (Lipinski definition) is 3. The van der Waals surface area contributed by atoms with Crippen molar-refractivity contribution in [1.29, 1.82) is 5.26 Å². The van der Waals surface area contributed by atoms with Gasteiger partial charge in [-0.3, -0.25) is 0 Å². The smallest absolute Gasteiger partial charge is 0.0638 e. The standard InChI is InChI=1S/C12H22N2O/c1-3-12(6-7-13)14(2)9-11-5-4-8-15-10-11/h11-12H,3-6,8-10H2,1-2H3. The predicted octanol–water partition coefficient (Wildman–Crippen LogP) is 2.04. The molecular weight excluding hydrogens is 188 g/mol. The maximum Gasteiger partial charge on any atom is 0.0638 e. The van der Waals surface area contributed by atoms with Gasteiger partial charge in [0.2, 0.25) is 0 Å². The molecule has 0 N–H and O–H groups in total. The molecule has 0 aromatic rings. The zero-order valence-corrected chi connectivity index (χ0v) is 9.91. The Morgan fingerprint density at radius 3 is 2.93 bits per heavy atom. The summed E-state index contributed by atoms with van der Waals surface area (Å²) >= 11 is 0. The van der Waals surface area contributed by atoms with Crippen molar-refractivity contribution in [3.8, 4) is 6.07 Å². The molecule has 1 fully saturated rings. The number of nitrogens with zero attached hydrogens (tertiary/aromatic N) is 2. The van der Waals surface area contributed by atoms with Gasteiger partial charge < -0.3 is 9.64 Å².